The fourth-order valence-corrected chi connectivity index (χ4v) is 3.27. The summed E-state index contributed by atoms with van der Waals surface area (Å²) in [5.74, 6) is 0.515. The molecule has 0 amide bonds. The highest BCUT2D eigenvalue weighted by Gasteiger charge is 2.31. The molecule has 1 unspecified atom stereocenters. The molecular formula is C13H20N2O2S. The first kappa shape index (κ1) is 13.4. The van der Waals surface area contributed by atoms with Crippen LogP contribution in [0, 0.1) is 5.92 Å². The van der Waals surface area contributed by atoms with Gasteiger partial charge in [0.1, 0.15) is 0 Å². The standard InChI is InChI=1S/C13H20N2O2S/c1-3-14-12-6-8-13(9-7-12)18(16,17)15-10(2)11-4-5-11/h6-11,14-15H,3-5H2,1-2H3. The normalized spacial score (nSPS) is 17.4. The molecule has 0 aromatic heterocycles. The first-order valence-corrected chi connectivity index (χ1v) is 7.87. The van der Waals surface area contributed by atoms with Crippen LogP contribution in [0.2, 0.25) is 0 Å². The monoisotopic (exact) mass is 268 g/mol. The number of benzene rings is 1. The number of hydrogen-bond acceptors (Lipinski definition) is 3. The van der Waals surface area contributed by atoms with Crippen LogP contribution < -0.4 is 10.0 Å². The van der Waals surface area contributed by atoms with Crippen molar-refractivity contribution < 1.29 is 8.42 Å². The van der Waals surface area contributed by atoms with E-state index in [-0.39, 0.29) is 6.04 Å². The minimum absolute atomic E-state index is 0.0310. The van der Waals surface area contributed by atoms with Crippen LogP contribution in [0.4, 0.5) is 5.69 Å². The van der Waals surface area contributed by atoms with Crippen molar-refractivity contribution in [3.8, 4) is 0 Å². The number of anilines is 1. The number of rotatable bonds is 6. The Morgan fingerprint density at radius 1 is 1.28 bits per heavy atom. The molecule has 100 valence electrons. The maximum absolute atomic E-state index is 12.1. The van der Waals surface area contributed by atoms with Gasteiger partial charge >= 0.3 is 0 Å². The van der Waals surface area contributed by atoms with E-state index in [1.807, 2.05) is 13.8 Å². The van der Waals surface area contributed by atoms with Crippen molar-refractivity contribution in [3.63, 3.8) is 0 Å². The van der Waals surface area contributed by atoms with Gasteiger partial charge in [-0.25, -0.2) is 13.1 Å². The van der Waals surface area contributed by atoms with E-state index in [2.05, 4.69) is 10.0 Å². The molecule has 1 aromatic carbocycles. The molecule has 0 spiro atoms. The summed E-state index contributed by atoms with van der Waals surface area (Å²) in [7, 11) is -3.37. The van der Waals surface area contributed by atoms with E-state index < -0.39 is 10.0 Å². The topological polar surface area (TPSA) is 58.2 Å². The molecule has 0 aliphatic heterocycles. The van der Waals surface area contributed by atoms with Gasteiger partial charge in [-0.2, -0.15) is 0 Å². The largest absolute Gasteiger partial charge is 0.385 e. The van der Waals surface area contributed by atoms with E-state index in [1.165, 1.54) is 0 Å². The molecule has 0 bridgehead atoms. The predicted octanol–water partition coefficient (Wildman–Crippen LogP) is 2.20. The van der Waals surface area contributed by atoms with E-state index in [9.17, 15) is 8.42 Å². The van der Waals surface area contributed by atoms with Gasteiger partial charge in [0, 0.05) is 18.3 Å². The second-order valence-corrected chi connectivity index (χ2v) is 6.52. The zero-order valence-corrected chi connectivity index (χ0v) is 11.6. The van der Waals surface area contributed by atoms with Crippen LogP contribution >= 0.6 is 0 Å². The fourth-order valence-electron chi connectivity index (χ4n) is 1.96. The first-order chi connectivity index (χ1) is 8.53. The quantitative estimate of drug-likeness (QED) is 0.831. The average molecular weight is 268 g/mol. The Balaban J connectivity index is 2.08. The summed E-state index contributed by atoms with van der Waals surface area (Å²) in [6, 6.07) is 6.89. The van der Waals surface area contributed by atoms with Crippen molar-refractivity contribution >= 4 is 15.7 Å². The Kier molecular flexibility index (Phi) is 3.92. The first-order valence-electron chi connectivity index (χ1n) is 6.39. The van der Waals surface area contributed by atoms with Gasteiger partial charge in [0.05, 0.1) is 4.90 Å². The molecule has 1 aromatic rings. The molecule has 4 nitrogen and oxygen atoms in total. The van der Waals surface area contributed by atoms with Crippen molar-refractivity contribution in [3.05, 3.63) is 24.3 Å². The summed E-state index contributed by atoms with van der Waals surface area (Å²) in [5, 5.41) is 3.14. The molecule has 0 saturated heterocycles. The van der Waals surface area contributed by atoms with Crippen molar-refractivity contribution in [1.82, 2.24) is 4.72 Å². The summed E-state index contributed by atoms with van der Waals surface area (Å²) < 4.78 is 27.0. The molecule has 5 heteroatoms. The molecule has 2 rings (SSSR count). The Bertz CT molecular complexity index is 492. The van der Waals surface area contributed by atoms with E-state index >= 15 is 0 Å². The molecule has 1 fully saturated rings. The minimum Gasteiger partial charge on any atom is -0.385 e. The van der Waals surface area contributed by atoms with Crippen molar-refractivity contribution in [1.29, 1.82) is 0 Å². The van der Waals surface area contributed by atoms with Crippen LogP contribution in [-0.2, 0) is 10.0 Å². The molecule has 1 aliphatic rings. The zero-order chi connectivity index (χ0) is 13.2. The van der Waals surface area contributed by atoms with Crippen molar-refractivity contribution in [2.24, 2.45) is 5.92 Å². The Morgan fingerprint density at radius 2 is 1.89 bits per heavy atom. The van der Waals surface area contributed by atoms with Gasteiger partial charge in [0.15, 0.2) is 0 Å². The zero-order valence-electron chi connectivity index (χ0n) is 10.8. The highest BCUT2D eigenvalue weighted by molar-refractivity contribution is 7.89. The molecule has 0 radical (unpaired) electrons. The minimum atomic E-state index is -3.37. The molecule has 1 aliphatic carbocycles. The molecule has 0 heterocycles. The van der Waals surface area contributed by atoms with E-state index in [4.69, 9.17) is 0 Å². The lowest BCUT2D eigenvalue weighted by Crippen LogP contribution is -2.33. The lowest BCUT2D eigenvalue weighted by atomic mass is 10.2. The Morgan fingerprint density at radius 3 is 2.39 bits per heavy atom. The second kappa shape index (κ2) is 5.28. The lowest BCUT2D eigenvalue weighted by molar-refractivity contribution is 0.538. The third-order valence-corrected chi connectivity index (χ3v) is 4.79. The highest BCUT2D eigenvalue weighted by Crippen LogP contribution is 2.33. The van der Waals surface area contributed by atoms with E-state index in [1.54, 1.807) is 24.3 Å². The third-order valence-electron chi connectivity index (χ3n) is 3.22. The van der Waals surface area contributed by atoms with Crippen LogP contribution in [0.5, 0.6) is 0 Å². The van der Waals surface area contributed by atoms with Crippen LogP contribution in [0.25, 0.3) is 0 Å². The van der Waals surface area contributed by atoms with Gasteiger partial charge in [0.25, 0.3) is 0 Å². The van der Waals surface area contributed by atoms with Crippen LogP contribution in [-0.4, -0.2) is 21.0 Å². The summed E-state index contributed by atoms with van der Waals surface area (Å²) in [5.41, 5.74) is 0.937. The predicted molar refractivity (Wildman–Crippen MR) is 73.1 cm³/mol. The Hall–Kier alpha value is -1.07. The summed E-state index contributed by atoms with van der Waals surface area (Å²) in [6.45, 7) is 4.76. The van der Waals surface area contributed by atoms with Crippen molar-refractivity contribution in [2.45, 2.75) is 37.6 Å². The van der Waals surface area contributed by atoms with Gasteiger partial charge in [-0.15, -0.1) is 0 Å². The lowest BCUT2D eigenvalue weighted by Gasteiger charge is -2.13. The molecule has 2 N–H and O–H groups in total. The molecular weight excluding hydrogens is 248 g/mol. The number of sulfonamides is 1. The number of hydrogen-bond donors (Lipinski definition) is 2. The summed E-state index contributed by atoms with van der Waals surface area (Å²) in [6.07, 6.45) is 2.26. The third kappa shape index (κ3) is 3.23. The van der Waals surface area contributed by atoms with Gasteiger partial charge in [-0.3, -0.25) is 0 Å². The van der Waals surface area contributed by atoms with Gasteiger partial charge < -0.3 is 5.32 Å². The molecule has 18 heavy (non-hydrogen) atoms. The smallest absolute Gasteiger partial charge is 0.240 e. The highest BCUT2D eigenvalue weighted by atomic mass is 32.2. The summed E-state index contributed by atoms with van der Waals surface area (Å²) in [4.78, 5) is 0.330. The summed E-state index contributed by atoms with van der Waals surface area (Å²) >= 11 is 0. The van der Waals surface area contributed by atoms with Crippen molar-refractivity contribution in [2.75, 3.05) is 11.9 Å². The van der Waals surface area contributed by atoms with Crippen LogP contribution in [0.15, 0.2) is 29.2 Å². The fraction of sp³-hybridized carbons (Fsp3) is 0.538. The maximum Gasteiger partial charge on any atom is 0.240 e. The average Bonchev–Trinajstić information content (AvgIpc) is 3.13. The second-order valence-electron chi connectivity index (χ2n) is 4.80. The van der Waals surface area contributed by atoms with Gasteiger partial charge in [0.2, 0.25) is 10.0 Å². The van der Waals surface area contributed by atoms with Crippen LogP contribution in [0.1, 0.15) is 26.7 Å². The van der Waals surface area contributed by atoms with E-state index in [0.29, 0.717) is 10.8 Å². The Labute approximate surface area is 109 Å². The van der Waals surface area contributed by atoms with Crippen LogP contribution in [0.3, 0.4) is 0 Å². The van der Waals surface area contributed by atoms with E-state index in [0.717, 1.165) is 25.1 Å². The van der Waals surface area contributed by atoms with Gasteiger partial charge in [-0.1, -0.05) is 0 Å². The maximum atomic E-state index is 12.1. The molecule has 1 atom stereocenters. The molecule has 1 saturated carbocycles. The number of nitrogens with one attached hydrogen (secondary N) is 2. The van der Waals surface area contributed by atoms with Gasteiger partial charge in [-0.05, 0) is 56.9 Å². The SMILES string of the molecule is CCNc1ccc(S(=O)(=O)NC(C)C2CC2)cc1.